The van der Waals surface area contributed by atoms with Gasteiger partial charge in [0.05, 0.1) is 33.0 Å². The standard InChI is InChI=1S/C12H24N2O5/c15-12-11-18-7-3-13-1-5-16-9-10-17-6-2-14-4-8-19-12/h13-14H,1-11H2. The molecule has 1 aliphatic rings. The first-order chi connectivity index (χ1) is 9.39. The Labute approximate surface area is 113 Å². The Balaban J connectivity index is 2.10. The van der Waals surface area contributed by atoms with Gasteiger partial charge in [0, 0.05) is 26.2 Å². The Bertz CT molecular complexity index is 208. The number of nitrogens with one attached hydrogen (secondary N) is 2. The van der Waals surface area contributed by atoms with E-state index < -0.39 is 0 Å². The quantitative estimate of drug-likeness (QED) is 0.537. The van der Waals surface area contributed by atoms with Crippen LogP contribution < -0.4 is 10.6 Å². The lowest BCUT2D eigenvalue weighted by Crippen LogP contribution is -2.28. The van der Waals surface area contributed by atoms with Crippen molar-refractivity contribution in [2.24, 2.45) is 0 Å². The Morgan fingerprint density at radius 2 is 1.21 bits per heavy atom. The van der Waals surface area contributed by atoms with Crippen molar-refractivity contribution in [2.45, 2.75) is 0 Å². The third kappa shape index (κ3) is 10.8. The molecule has 0 amide bonds. The van der Waals surface area contributed by atoms with Crippen LogP contribution in [0, 0.1) is 0 Å². The van der Waals surface area contributed by atoms with Crippen LogP contribution in [-0.4, -0.2) is 78.4 Å². The summed E-state index contributed by atoms with van der Waals surface area (Å²) >= 11 is 0. The summed E-state index contributed by atoms with van der Waals surface area (Å²) < 4.78 is 20.9. The first kappa shape index (κ1) is 16.3. The minimum Gasteiger partial charge on any atom is -0.463 e. The van der Waals surface area contributed by atoms with E-state index >= 15 is 0 Å². The molecule has 1 aliphatic heterocycles. The molecule has 1 rings (SSSR count). The minimum atomic E-state index is -0.331. The van der Waals surface area contributed by atoms with Crippen molar-refractivity contribution in [2.75, 3.05) is 72.4 Å². The number of hydrogen-bond acceptors (Lipinski definition) is 7. The fraction of sp³-hybridized carbons (Fsp3) is 0.917. The summed E-state index contributed by atoms with van der Waals surface area (Å²) in [6.07, 6.45) is 0. The Morgan fingerprint density at radius 3 is 1.84 bits per heavy atom. The van der Waals surface area contributed by atoms with Gasteiger partial charge < -0.3 is 29.6 Å². The highest BCUT2D eigenvalue weighted by atomic mass is 16.6. The second-order valence-corrected chi connectivity index (χ2v) is 4.00. The molecule has 2 N–H and O–H groups in total. The molecule has 0 unspecified atom stereocenters. The fourth-order valence-electron chi connectivity index (χ4n) is 1.44. The van der Waals surface area contributed by atoms with Crippen LogP contribution in [0.2, 0.25) is 0 Å². The van der Waals surface area contributed by atoms with Crippen LogP contribution in [0.25, 0.3) is 0 Å². The molecule has 0 aromatic rings. The van der Waals surface area contributed by atoms with Crippen LogP contribution >= 0.6 is 0 Å². The largest absolute Gasteiger partial charge is 0.463 e. The molecule has 112 valence electrons. The third-order valence-electron chi connectivity index (χ3n) is 2.40. The first-order valence-corrected chi connectivity index (χ1v) is 6.70. The molecule has 0 atom stereocenters. The van der Waals surface area contributed by atoms with E-state index in [4.69, 9.17) is 18.9 Å². The smallest absolute Gasteiger partial charge is 0.332 e. The van der Waals surface area contributed by atoms with Crippen molar-refractivity contribution < 1.29 is 23.7 Å². The minimum absolute atomic E-state index is 0.00128. The SMILES string of the molecule is O=C1COCCNCCOCCOCCNCCO1. The highest BCUT2D eigenvalue weighted by Crippen LogP contribution is 1.83. The van der Waals surface area contributed by atoms with Crippen LogP contribution in [-0.2, 0) is 23.7 Å². The molecule has 19 heavy (non-hydrogen) atoms. The van der Waals surface area contributed by atoms with Crippen LogP contribution in [0.3, 0.4) is 0 Å². The lowest BCUT2D eigenvalue weighted by molar-refractivity contribution is -0.148. The van der Waals surface area contributed by atoms with Crippen LogP contribution in [0.1, 0.15) is 0 Å². The highest BCUT2D eigenvalue weighted by Gasteiger charge is 2.02. The van der Waals surface area contributed by atoms with E-state index in [1.54, 1.807) is 0 Å². The number of rotatable bonds is 0. The summed E-state index contributed by atoms with van der Waals surface area (Å²) in [4.78, 5) is 11.2. The average Bonchev–Trinajstić information content (AvgIpc) is 2.41. The summed E-state index contributed by atoms with van der Waals surface area (Å²) in [6, 6.07) is 0. The lowest BCUT2D eigenvalue weighted by atomic mass is 10.6. The molecular formula is C12H24N2O5. The second kappa shape index (κ2) is 12.3. The zero-order valence-corrected chi connectivity index (χ0v) is 11.3. The number of carbonyl (C=O) groups excluding carboxylic acids is 1. The van der Waals surface area contributed by atoms with E-state index in [9.17, 15) is 4.79 Å². The number of esters is 1. The van der Waals surface area contributed by atoms with E-state index in [0.717, 1.165) is 13.1 Å². The van der Waals surface area contributed by atoms with Crippen LogP contribution in [0.4, 0.5) is 0 Å². The zero-order chi connectivity index (χ0) is 13.6. The summed E-state index contributed by atoms with van der Waals surface area (Å²) in [5.74, 6) is -0.331. The highest BCUT2D eigenvalue weighted by molar-refractivity contribution is 5.70. The van der Waals surface area contributed by atoms with Gasteiger partial charge in [-0.1, -0.05) is 0 Å². The van der Waals surface area contributed by atoms with Gasteiger partial charge in [-0.25, -0.2) is 4.79 Å². The van der Waals surface area contributed by atoms with Gasteiger partial charge in [0.25, 0.3) is 0 Å². The third-order valence-corrected chi connectivity index (χ3v) is 2.40. The monoisotopic (exact) mass is 276 g/mol. The maximum absolute atomic E-state index is 11.2. The summed E-state index contributed by atoms with van der Waals surface area (Å²) in [5.41, 5.74) is 0. The average molecular weight is 276 g/mol. The number of ether oxygens (including phenoxy) is 4. The molecule has 1 saturated heterocycles. The molecule has 0 aromatic heterocycles. The van der Waals surface area contributed by atoms with E-state index in [1.807, 2.05) is 0 Å². The van der Waals surface area contributed by atoms with E-state index in [1.165, 1.54) is 0 Å². The molecule has 0 aromatic carbocycles. The lowest BCUT2D eigenvalue weighted by Gasteiger charge is -2.10. The summed E-state index contributed by atoms with van der Waals surface area (Å²) in [5, 5.41) is 6.27. The number of cyclic esters (lactones) is 1. The van der Waals surface area contributed by atoms with Crippen molar-refractivity contribution in [1.82, 2.24) is 10.6 Å². The van der Waals surface area contributed by atoms with Gasteiger partial charge in [-0.2, -0.15) is 0 Å². The van der Waals surface area contributed by atoms with Crippen LogP contribution in [0.15, 0.2) is 0 Å². The maximum Gasteiger partial charge on any atom is 0.332 e. The molecule has 0 saturated carbocycles. The Morgan fingerprint density at radius 1 is 0.684 bits per heavy atom. The number of carbonyl (C=O) groups is 1. The van der Waals surface area contributed by atoms with Gasteiger partial charge in [0.1, 0.15) is 13.2 Å². The van der Waals surface area contributed by atoms with Gasteiger partial charge in [-0.05, 0) is 0 Å². The zero-order valence-electron chi connectivity index (χ0n) is 11.3. The molecule has 0 radical (unpaired) electrons. The predicted molar refractivity (Wildman–Crippen MR) is 69.2 cm³/mol. The van der Waals surface area contributed by atoms with Gasteiger partial charge in [0.15, 0.2) is 0 Å². The topological polar surface area (TPSA) is 78.1 Å². The number of hydrogen-bond donors (Lipinski definition) is 2. The van der Waals surface area contributed by atoms with Crippen molar-refractivity contribution in [3.05, 3.63) is 0 Å². The molecular weight excluding hydrogens is 252 g/mol. The summed E-state index contributed by atoms with van der Waals surface area (Å²) in [6.45, 7) is 6.10. The second-order valence-electron chi connectivity index (χ2n) is 4.00. The van der Waals surface area contributed by atoms with Crippen LogP contribution in [0.5, 0.6) is 0 Å². The summed E-state index contributed by atoms with van der Waals surface area (Å²) in [7, 11) is 0. The normalized spacial score (nSPS) is 23.1. The molecule has 1 heterocycles. The fourth-order valence-corrected chi connectivity index (χ4v) is 1.44. The van der Waals surface area contributed by atoms with Crippen molar-refractivity contribution >= 4 is 5.97 Å². The van der Waals surface area contributed by atoms with Gasteiger partial charge >= 0.3 is 5.97 Å². The van der Waals surface area contributed by atoms with E-state index in [-0.39, 0.29) is 12.6 Å². The van der Waals surface area contributed by atoms with Crippen molar-refractivity contribution in [1.29, 1.82) is 0 Å². The van der Waals surface area contributed by atoms with Gasteiger partial charge in [-0.3, -0.25) is 0 Å². The van der Waals surface area contributed by atoms with Gasteiger partial charge in [-0.15, -0.1) is 0 Å². The van der Waals surface area contributed by atoms with Crippen molar-refractivity contribution in [3.63, 3.8) is 0 Å². The van der Waals surface area contributed by atoms with E-state index in [0.29, 0.717) is 52.7 Å². The molecule has 1 fully saturated rings. The molecule has 0 aliphatic carbocycles. The maximum atomic E-state index is 11.2. The molecule has 7 heteroatoms. The Hall–Kier alpha value is -0.730. The predicted octanol–water partition coefficient (Wildman–Crippen LogP) is -1.23. The van der Waals surface area contributed by atoms with E-state index in [2.05, 4.69) is 10.6 Å². The molecule has 0 bridgehead atoms. The Kier molecular flexibility index (Phi) is 10.6. The van der Waals surface area contributed by atoms with Gasteiger partial charge in [0.2, 0.25) is 0 Å². The molecule has 7 nitrogen and oxygen atoms in total. The van der Waals surface area contributed by atoms with Crippen molar-refractivity contribution in [3.8, 4) is 0 Å². The molecule has 0 spiro atoms. The first-order valence-electron chi connectivity index (χ1n) is 6.70.